The number of fused-ring (bicyclic) bond motifs is 1. The quantitative estimate of drug-likeness (QED) is 0.725. The van der Waals surface area contributed by atoms with Gasteiger partial charge in [-0.05, 0) is 0 Å². The van der Waals surface area contributed by atoms with Crippen LogP contribution in [0.4, 0.5) is 0 Å². The van der Waals surface area contributed by atoms with E-state index >= 15 is 0 Å². The maximum atomic E-state index is 5.62. The average molecular weight is 210 g/mol. The van der Waals surface area contributed by atoms with E-state index in [0.717, 1.165) is 17.0 Å². The molecule has 0 radical (unpaired) electrons. The molecule has 78 valence electrons. The molecule has 0 N–H and O–H groups in total. The zero-order chi connectivity index (χ0) is 10.8. The number of hydrogen-bond acceptors (Lipinski definition) is 3. The summed E-state index contributed by atoms with van der Waals surface area (Å²) in [7, 11) is 0. The fourth-order valence-electron chi connectivity index (χ4n) is 1.76. The molecule has 0 fully saturated rings. The van der Waals surface area contributed by atoms with Crippen LogP contribution in [0.3, 0.4) is 0 Å². The van der Waals surface area contributed by atoms with Crippen LogP contribution in [0.25, 0.3) is 11.8 Å². The minimum atomic E-state index is 0.641. The lowest BCUT2D eigenvalue weighted by molar-refractivity contribution is 0.287. The summed E-state index contributed by atoms with van der Waals surface area (Å²) in [6.45, 7) is 0.641. The minimum Gasteiger partial charge on any atom is -0.488 e. The van der Waals surface area contributed by atoms with Gasteiger partial charge in [-0.3, -0.25) is 9.97 Å². The van der Waals surface area contributed by atoms with Gasteiger partial charge >= 0.3 is 0 Å². The van der Waals surface area contributed by atoms with E-state index < -0.39 is 0 Å². The average Bonchev–Trinajstić information content (AvgIpc) is 2.74. The summed E-state index contributed by atoms with van der Waals surface area (Å²) < 4.78 is 5.62. The normalized spacial score (nSPS) is 15.9. The Morgan fingerprint density at radius 1 is 1.19 bits per heavy atom. The topological polar surface area (TPSA) is 35.0 Å². The summed E-state index contributed by atoms with van der Waals surface area (Å²) in [5.74, 6) is 0.871. The Morgan fingerprint density at radius 3 is 3.00 bits per heavy atom. The first-order chi connectivity index (χ1) is 7.93. The standard InChI is InChI=1S/C13H10N2O/c1-2-4-12-10(3-1)9-16-13(12)7-11-8-14-5-6-15-11/h1-8H,9H2/b13-7-. The summed E-state index contributed by atoms with van der Waals surface area (Å²) in [4.78, 5) is 8.22. The highest BCUT2D eigenvalue weighted by Crippen LogP contribution is 2.30. The highest BCUT2D eigenvalue weighted by Gasteiger charge is 2.16. The molecular formula is C13H10N2O. The van der Waals surface area contributed by atoms with Gasteiger partial charge in [0.2, 0.25) is 0 Å². The van der Waals surface area contributed by atoms with Gasteiger partial charge in [0.05, 0.1) is 11.9 Å². The zero-order valence-electron chi connectivity index (χ0n) is 8.63. The van der Waals surface area contributed by atoms with Gasteiger partial charge in [0.1, 0.15) is 12.4 Å². The molecule has 3 heteroatoms. The summed E-state index contributed by atoms with van der Waals surface area (Å²) >= 11 is 0. The van der Waals surface area contributed by atoms with Crippen LogP contribution < -0.4 is 0 Å². The van der Waals surface area contributed by atoms with Crippen LogP contribution in [0, 0.1) is 0 Å². The van der Waals surface area contributed by atoms with Gasteiger partial charge < -0.3 is 4.74 Å². The Morgan fingerprint density at radius 2 is 2.12 bits per heavy atom. The lowest BCUT2D eigenvalue weighted by atomic mass is 10.1. The Kier molecular flexibility index (Phi) is 2.14. The second kappa shape index (κ2) is 3.77. The van der Waals surface area contributed by atoms with Gasteiger partial charge in [-0.15, -0.1) is 0 Å². The van der Waals surface area contributed by atoms with Crippen molar-refractivity contribution in [3.63, 3.8) is 0 Å². The maximum absolute atomic E-state index is 5.62. The van der Waals surface area contributed by atoms with Gasteiger partial charge in [-0.25, -0.2) is 0 Å². The molecule has 3 rings (SSSR count). The Hall–Kier alpha value is -2.16. The molecule has 0 saturated heterocycles. The summed E-state index contributed by atoms with van der Waals surface area (Å²) in [5.41, 5.74) is 3.18. The van der Waals surface area contributed by atoms with Crippen molar-refractivity contribution in [2.45, 2.75) is 6.61 Å². The molecule has 0 aliphatic carbocycles. The molecule has 0 unspecified atom stereocenters. The molecule has 1 aliphatic rings. The number of benzene rings is 1. The van der Waals surface area contributed by atoms with Gasteiger partial charge in [0.15, 0.2) is 0 Å². The van der Waals surface area contributed by atoms with Crippen molar-refractivity contribution in [3.8, 4) is 0 Å². The molecule has 1 aromatic heterocycles. The first-order valence-electron chi connectivity index (χ1n) is 5.12. The van der Waals surface area contributed by atoms with Crippen LogP contribution in [-0.2, 0) is 11.3 Å². The lowest BCUT2D eigenvalue weighted by Crippen LogP contribution is -1.84. The third kappa shape index (κ3) is 1.56. The van der Waals surface area contributed by atoms with Crippen LogP contribution in [0.5, 0.6) is 0 Å². The van der Waals surface area contributed by atoms with Crippen molar-refractivity contribution in [1.82, 2.24) is 9.97 Å². The van der Waals surface area contributed by atoms with Crippen molar-refractivity contribution in [1.29, 1.82) is 0 Å². The van der Waals surface area contributed by atoms with Gasteiger partial charge in [0, 0.05) is 29.6 Å². The smallest absolute Gasteiger partial charge is 0.129 e. The maximum Gasteiger partial charge on any atom is 0.129 e. The number of hydrogen-bond donors (Lipinski definition) is 0. The fourth-order valence-corrected chi connectivity index (χ4v) is 1.76. The van der Waals surface area contributed by atoms with E-state index in [-0.39, 0.29) is 0 Å². The van der Waals surface area contributed by atoms with Crippen LogP contribution in [-0.4, -0.2) is 9.97 Å². The van der Waals surface area contributed by atoms with Crippen LogP contribution >= 0.6 is 0 Å². The zero-order valence-corrected chi connectivity index (χ0v) is 8.63. The van der Waals surface area contributed by atoms with E-state index in [1.807, 2.05) is 18.2 Å². The highest BCUT2D eigenvalue weighted by molar-refractivity contribution is 5.79. The fraction of sp³-hybridized carbons (Fsp3) is 0.0769. The van der Waals surface area contributed by atoms with E-state index in [2.05, 4.69) is 22.1 Å². The summed E-state index contributed by atoms with van der Waals surface area (Å²) in [5, 5.41) is 0. The third-order valence-corrected chi connectivity index (χ3v) is 2.53. The van der Waals surface area contributed by atoms with E-state index in [4.69, 9.17) is 4.74 Å². The van der Waals surface area contributed by atoms with Crippen molar-refractivity contribution < 1.29 is 4.74 Å². The third-order valence-electron chi connectivity index (χ3n) is 2.53. The van der Waals surface area contributed by atoms with E-state index in [0.29, 0.717) is 6.61 Å². The van der Waals surface area contributed by atoms with Gasteiger partial charge in [0.25, 0.3) is 0 Å². The van der Waals surface area contributed by atoms with Gasteiger partial charge in [-0.2, -0.15) is 0 Å². The number of aromatic nitrogens is 2. The minimum absolute atomic E-state index is 0.641. The van der Waals surface area contributed by atoms with Crippen LogP contribution in [0.2, 0.25) is 0 Å². The van der Waals surface area contributed by atoms with Crippen molar-refractivity contribution in [3.05, 3.63) is 59.7 Å². The molecule has 0 saturated carbocycles. The molecule has 2 aromatic rings. The van der Waals surface area contributed by atoms with Crippen molar-refractivity contribution >= 4 is 11.8 Å². The monoisotopic (exact) mass is 210 g/mol. The molecule has 1 aromatic carbocycles. The molecule has 0 bridgehead atoms. The number of rotatable bonds is 1. The molecule has 1 aliphatic heterocycles. The number of ether oxygens (including phenoxy) is 1. The predicted molar refractivity (Wildman–Crippen MR) is 61.1 cm³/mol. The van der Waals surface area contributed by atoms with Crippen LogP contribution in [0.1, 0.15) is 16.8 Å². The predicted octanol–water partition coefficient (Wildman–Crippen LogP) is 2.50. The van der Waals surface area contributed by atoms with E-state index in [1.165, 1.54) is 5.56 Å². The largest absolute Gasteiger partial charge is 0.488 e. The lowest BCUT2D eigenvalue weighted by Gasteiger charge is -1.98. The Bertz CT molecular complexity index is 535. The second-order valence-corrected chi connectivity index (χ2v) is 3.58. The highest BCUT2D eigenvalue weighted by atomic mass is 16.5. The SMILES string of the molecule is C(=C1/OCc2ccccc21)/c1cnccn1. The van der Waals surface area contributed by atoms with Crippen molar-refractivity contribution in [2.75, 3.05) is 0 Å². The van der Waals surface area contributed by atoms with Crippen LogP contribution in [0.15, 0.2) is 42.9 Å². The molecule has 16 heavy (non-hydrogen) atoms. The molecule has 0 spiro atoms. The molecular weight excluding hydrogens is 200 g/mol. The van der Waals surface area contributed by atoms with E-state index in [1.54, 1.807) is 18.6 Å². The number of nitrogens with zero attached hydrogens (tertiary/aromatic N) is 2. The Balaban J connectivity index is 2.02. The molecule has 3 nitrogen and oxygen atoms in total. The second-order valence-electron chi connectivity index (χ2n) is 3.58. The molecule has 0 atom stereocenters. The van der Waals surface area contributed by atoms with Crippen molar-refractivity contribution in [2.24, 2.45) is 0 Å². The summed E-state index contributed by atoms with van der Waals surface area (Å²) in [6, 6.07) is 8.17. The molecule has 2 heterocycles. The Labute approximate surface area is 93.4 Å². The molecule has 0 amide bonds. The van der Waals surface area contributed by atoms with E-state index in [9.17, 15) is 0 Å². The first-order valence-corrected chi connectivity index (χ1v) is 5.12. The first kappa shape index (κ1) is 9.09. The summed E-state index contributed by atoms with van der Waals surface area (Å²) in [6.07, 6.45) is 6.97. The van der Waals surface area contributed by atoms with Gasteiger partial charge in [-0.1, -0.05) is 24.3 Å².